The van der Waals surface area contributed by atoms with E-state index in [1.807, 2.05) is 0 Å². The second-order valence-electron chi connectivity index (χ2n) is 0.431. The van der Waals surface area contributed by atoms with Crippen LogP contribution in [0.5, 0.6) is 0 Å². The molecule has 0 amide bonds. The van der Waals surface area contributed by atoms with Crippen molar-refractivity contribution in [1.82, 2.24) is 0 Å². The first-order chi connectivity index (χ1) is 2.00. The molecule has 0 heterocycles. The predicted octanol–water partition coefficient (Wildman–Crippen LogP) is -2.42. The van der Waals surface area contributed by atoms with Crippen LogP contribution in [-0.2, 0) is 4.57 Å². The molecule has 0 radical (unpaired) electrons. The average Bonchev–Trinajstić information content (AvgIpc) is 0.722. The number of hydrogen-bond donors (Lipinski definition) is 0. The zero-order valence-corrected chi connectivity index (χ0v) is 6.36. The second kappa shape index (κ2) is 5.44. The van der Waals surface area contributed by atoms with Gasteiger partial charge >= 0.3 is 37.7 Å². The molecule has 0 aromatic heterocycles. The average molecular weight is 156 g/mol. The van der Waals surface area contributed by atoms with Crippen molar-refractivity contribution < 1.29 is 24.0 Å². The molecule has 0 aliphatic heterocycles. The van der Waals surface area contributed by atoms with Gasteiger partial charge in [-0.3, -0.25) is 0 Å². The topological polar surface area (TPSA) is 94.7 Å². The van der Waals surface area contributed by atoms with Crippen LogP contribution < -0.4 is 9.79 Å². The Labute approximate surface area is 69.3 Å². The molecule has 0 saturated carbocycles. The normalized spacial score (nSPS) is 8.43. The minimum atomic E-state index is -5.64. The van der Waals surface area contributed by atoms with E-state index in [0.29, 0.717) is 0 Å². The summed E-state index contributed by atoms with van der Waals surface area (Å²) in [4.78, 5) is 16.9. The van der Waals surface area contributed by atoms with Gasteiger partial charge in [-0.2, -0.15) is 0 Å². The number of halogens is 1. The van der Waals surface area contributed by atoms with E-state index in [1.165, 1.54) is 0 Å². The Hall–Kier alpha value is 1.30. The van der Waals surface area contributed by atoms with E-state index in [0.717, 1.165) is 0 Å². The molecule has 7 heteroatoms. The molecule has 2 N–H and O–H groups in total. The van der Waals surface area contributed by atoms with E-state index in [2.05, 4.69) is 0 Å². The molecule has 0 aliphatic carbocycles. The van der Waals surface area contributed by atoms with E-state index in [1.54, 1.807) is 0 Å². The van der Waals surface area contributed by atoms with Crippen LogP contribution in [-0.4, -0.2) is 43.2 Å². The SMILES string of the molecule is O.O=P([O-])([O-])F.[Ca+2]. The smallest absolute Gasteiger partial charge is 0.786 e. The van der Waals surface area contributed by atoms with Crippen LogP contribution in [0.25, 0.3) is 0 Å². The largest absolute Gasteiger partial charge is 2.00 e. The molecule has 0 saturated heterocycles. The van der Waals surface area contributed by atoms with E-state index in [4.69, 9.17) is 14.4 Å². The molecule has 4 nitrogen and oxygen atoms in total. The Morgan fingerprint density at radius 2 is 1.43 bits per heavy atom. The summed E-state index contributed by atoms with van der Waals surface area (Å²) in [5.41, 5.74) is 0. The number of hydrogen-bond acceptors (Lipinski definition) is 3. The van der Waals surface area contributed by atoms with E-state index in [-0.39, 0.29) is 43.2 Å². The van der Waals surface area contributed by atoms with Crippen molar-refractivity contribution in [3.8, 4) is 0 Å². The van der Waals surface area contributed by atoms with Crippen LogP contribution in [0.2, 0.25) is 0 Å². The van der Waals surface area contributed by atoms with Gasteiger partial charge in [0.1, 0.15) is 7.91 Å². The monoisotopic (exact) mass is 156 g/mol. The fraction of sp³-hybridized carbons (Fsp3) is 0. The zero-order chi connectivity index (χ0) is 4.50. The van der Waals surface area contributed by atoms with Gasteiger partial charge in [-0.05, 0) is 0 Å². The van der Waals surface area contributed by atoms with Crippen molar-refractivity contribution in [2.45, 2.75) is 0 Å². The third kappa shape index (κ3) is 121. The van der Waals surface area contributed by atoms with Crippen LogP contribution in [0.15, 0.2) is 0 Å². The Balaban J connectivity index is -0.0000000800. The molecule has 0 aliphatic rings. The van der Waals surface area contributed by atoms with Crippen LogP contribution >= 0.6 is 7.91 Å². The summed E-state index contributed by atoms with van der Waals surface area (Å²) >= 11 is 0. The third-order valence-electron chi connectivity index (χ3n) is 0. The Morgan fingerprint density at radius 1 is 1.43 bits per heavy atom. The molecule has 0 atom stereocenters. The van der Waals surface area contributed by atoms with Gasteiger partial charge in [0.25, 0.3) is 0 Å². The quantitative estimate of drug-likeness (QED) is 0.288. The Kier molecular flexibility index (Phi) is 12.2. The summed E-state index contributed by atoms with van der Waals surface area (Å²) in [7, 11) is -5.64. The van der Waals surface area contributed by atoms with Crippen molar-refractivity contribution in [3.05, 3.63) is 0 Å². The molecule has 0 fully saturated rings. The zero-order valence-electron chi connectivity index (χ0n) is 3.26. The van der Waals surface area contributed by atoms with Gasteiger partial charge in [-0.1, -0.05) is 0 Å². The first kappa shape index (κ1) is 15.7. The molecule has 40 valence electrons. The van der Waals surface area contributed by atoms with Crippen molar-refractivity contribution >= 4 is 45.6 Å². The Bertz CT molecular complexity index is 57.8. The maximum atomic E-state index is 10.1. The summed E-state index contributed by atoms with van der Waals surface area (Å²) in [6.45, 7) is 0. The minimum absolute atomic E-state index is 0. The second-order valence-corrected chi connectivity index (χ2v) is 1.29. The third-order valence-corrected chi connectivity index (χ3v) is 0. The van der Waals surface area contributed by atoms with Gasteiger partial charge in [0.15, 0.2) is 0 Å². The summed E-state index contributed by atoms with van der Waals surface area (Å²) in [6, 6.07) is 0. The van der Waals surface area contributed by atoms with Crippen LogP contribution in [0.4, 0.5) is 4.20 Å². The van der Waals surface area contributed by atoms with E-state index >= 15 is 0 Å². The summed E-state index contributed by atoms with van der Waals surface area (Å²) < 4.78 is 18.6. The summed E-state index contributed by atoms with van der Waals surface area (Å²) in [6.07, 6.45) is 0. The molecule has 0 unspecified atom stereocenters. The number of rotatable bonds is 0. The van der Waals surface area contributed by atoms with Crippen molar-refractivity contribution in [2.24, 2.45) is 0 Å². The molecular weight excluding hydrogens is 154 g/mol. The predicted molar refractivity (Wildman–Crippen MR) is 18.1 cm³/mol. The van der Waals surface area contributed by atoms with Crippen LogP contribution in [0.3, 0.4) is 0 Å². The summed E-state index contributed by atoms with van der Waals surface area (Å²) in [5.74, 6) is 0. The standard InChI is InChI=1S/Ca.FH2O3P.H2O/c;1-5(2,3)4;/h;(H2,2,3,4);1H2/q+2;;/p-2. The van der Waals surface area contributed by atoms with Gasteiger partial charge in [0, 0.05) is 0 Å². The first-order valence-corrected chi connectivity index (χ1v) is 2.15. The molecular formula is H2CaFO4P. The molecule has 0 aromatic carbocycles. The molecule has 0 aromatic rings. The maximum Gasteiger partial charge on any atom is 2.00 e. The molecule has 7 heavy (non-hydrogen) atoms. The van der Waals surface area contributed by atoms with Crippen molar-refractivity contribution in [2.75, 3.05) is 0 Å². The molecule has 0 rings (SSSR count). The minimum Gasteiger partial charge on any atom is -0.786 e. The van der Waals surface area contributed by atoms with Crippen molar-refractivity contribution in [3.63, 3.8) is 0 Å². The van der Waals surface area contributed by atoms with Crippen LogP contribution in [0.1, 0.15) is 0 Å². The van der Waals surface area contributed by atoms with Gasteiger partial charge in [-0.25, -0.2) is 4.20 Å². The first-order valence-electron chi connectivity index (χ1n) is 0.717. The molecule has 0 spiro atoms. The van der Waals surface area contributed by atoms with Gasteiger partial charge in [-0.15, -0.1) is 0 Å². The van der Waals surface area contributed by atoms with Crippen molar-refractivity contribution in [1.29, 1.82) is 0 Å². The fourth-order valence-corrected chi connectivity index (χ4v) is 0. The fourth-order valence-electron chi connectivity index (χ4n) is 0. The van der Waals surface area contributed by atoms with E-state index < -0.39 is 7.91 Å². The van der Waals surface area contributed by atoms with Gasteiger partial charge < -0.3 is 19.8 Å². The maximum absolute atomic E-state index is 10.1. The van der Waals surface area contributed by atoms with E-state index in [9.17, 15) is 4.20 Å². The van der Waals surface area contributed by atoms with Gasteiger partial charge in [0.05, 0.1) is 0 Å². The van der Waals surface area contributed by atoms with Crippen LogP contribution in [0, 0.1) is 0 Å². The molecule has 0 bridgehead atoms. The Morgan fingerprint density at radius 3 is 1.43 bits per heavy atom. The summed E-state index contributed by atoms with van der Waals surface area (Å²) in [5, 5.41) is 0. The van der Waals surface area contributed by atoms with Gasteiger partial charge in [0.2, 0.25) is 0 Å².